The number of rotatable bonds is 3. The van der Waals surface area contributed by atoms with Crippen LogP contribution in [0.2, 0.25) is 0 Å². The van der Waals surface area contributed by atoms with Gasteiger partial charge < -0.3 is 9.84 Å². The van der Waals surface area contributed by atoms with Gasteiger partial charge in [0.15, 0.2) is 0 Å². The number of hydrogen-bond donors (Lipinski definition) is 1. The fraction of sp³-hybridized carbons (Fsp3) is 0.625. The van der Waals surface area contributed by atoms with Crippen LogP contribution in [-0.2, 0) is 0 Å². The Morgan fingerprint density at radius 1 is 1.22 bits per heavy atom. The first-order valence-electron chi connectivity index (χ1n) is 7.01. The monoisotopic (exact) mass is 248 g/mol. The SMILES string of the molecule is Cc1cc([C@H](C)O)ccc1OC1CCC(C)CC1. The average molecular weight is 248 g/mol. The number of aryl methyl sites for hydroxylation is 1. The number of aliphatic hydroxyl groups excluding tert-OH is 1. The van der Waals surface area contributed by atoms with Crippen LogP contribution in [0.4, 0.5) is 0 Å². The zero-order chi connectivity index (χ0) is 13.1. The fourth-order valence-corrected chi connectivity index (χ4v) is 2.59. The minimum Gasteiger partial charge on any atom is -0.490 e. The van der Waals surface area contributed by atoms with Gasteiger partial charge in [-0.1, -0.05) is 13.0 Å². The summed E-state index contributed by atoms with van der Waals surface area (Å²) in [5.41, 5.74) is 2.07. The number of ether oxygens (including phenoxy) is 1. The molecule has 100 valence electrons. The second-order valence-corrected chi connectivity index (χ2v) is 5.70. The van der Waals surface area contributed by atoms with E-state index in [9.17, 15) is 5.11 Å². The normalized spacial score (nSPS) is 25.8. The van der Waals surface area contributed by atoms with Gasteiger partial charge in [-0.05, 0) is 68.7 Å². The summed E-state index contributed by atoms with van der Waals surface area (Å²) in [5, 5.41) is 9.55. The minimum absolute atomic E-state index is 0.372. The van der Waals surface area contributed by atoms with Gasteiger partial charge in [-0.2, -0.15) is 0 Å². The number of hydrogen-bond acceptors (Lipinski definition) is 2. The Hall–Kier alpha value is -1.02. The van der Waals surface area contributed by atoms with E-state index in [0.29, 0.717) is 6.10 Å². The maximum absolute atomic E-state index is 9.55. The van der Waals surface area contributed by atoms with Gasteiger partial charge in [0.1, 0.15) is 5.75 Å². The van der Waals surface area contributed by atoms with Crippen LogP contribution in [0.25, 0.3) is 0 Å². The van der Waals surface area contributed by atoms with Gasteiger partial charge in [0.2, 0.25) is 0 Å². The van der Waals surface area contributed by atoms with Crippen molar-refractivity contribution in [3.8, 4) is 5.75 Å². The maximum atomic E-state index is 9.55. The highest BCUT2D eigenvalue weighted by atomic mass is 16.5. The van der Waals surface area contributed by atoms with Crippen molar-refractivity contribution in [1.82, 2.24) is 0 Å². The second kappa shape index (κ2) is 5.75. The standard InChI is InChI=1S/C16H24O2/c1-11-4-7-15(8-5-11)18-16-9-6-14(13(3)17)10-12(16)2/h6,9-11,13,15,17H,4-5,7-8H2,1-3H3/t11?,13-,15?/m0/s1. The van der Waals surface area contributed by atoms with E-state index in [1.807, 2.05) is 25.1 Å². The van der Waals surface area contributed by atoms with Crippen molar-refractivity contribution in [3.63, 3.8) is 0 Å². The van der Waals surface area contributed by atoms with Crippen molar-refractivity contribution in [2.45, 2.75) is 58.7 Å². The summed E-state index contributed by atoms with van der Waals surface area (Å²) in [5.74, 6) is 1.82. The van der Waals surface area contributed by atoms with Crippen molar-refractivity contribution in [1.29, 1.82) is 0 Å². The largest absolute Gasteiger partial charge is 0.490 e. The predicted molar refractivity (Wildman–Crippen MR) is 73.9 cm³/mol. The Balaban J connectivity index is 2.01. The quantitative estimate of drug-likeness (QED) is 0.876. The summed E-state index contributed by atoms with van der Waals surface area (Å²) in [6.45, 7) is 6.16. The van der Waals surface area contributed by atoms with E-state index in [1.165, 1.54) is 25.7 Å². The highest BCUT2D eigenvalue weighted by Gasteiger charge is 2.20. The smallest absolute Gasteiger partial charge is 0.122 e. The van der Waals surface area contributed by atoms with E-state index in [1.54, 1.807) is 6.92 Å². The molecule has 0 bridgehead atoms. The molecule has 1 N–H and O–H groups in total. The zero-order valence-corrected chi connectivity index (χ0v) is 11.6. The van der Waals surface area contributed by atoms with Gasteiger partial charge >= 0.3 is 0 Å². The highest BCUT2D eigenvalue weighted by molar-refractivity contribution is 5.37. The molecule has 1 fully saturated rings. The third-order valence-electron chi connectivity index (χ3n) is 3.94. The molecule has 0 radical (unpaired) electrons. The molecule has 0 unspecified atom stereocenters. The maximum Gasteiger partial charge on any atom is 0.122 e. The lowest BCUT2D eigenvalue weighted by Gasteiger charge is -2.27. The molecule has 0 saturated heterocycles. The van der Waals surface area contributed by atoms with Crippen molar-refractivity contribution in [2.24, 2.45) is 5.92 Å². The van der Waals surface area contributed by atoms with E-state index in [2.05, 4.69) is 6.92 Å². The van der Waals surface area contributed by atoms with E-state index in [0.717, 1.165) is 22.8 Å². The van der Waals surface area contributed by atoms with Gasteiger partial charge in [0.25, 0.3) is 0 Å². The van der Waals surface area contributed by atoms with E-state index in [-0.39, 0.29) is 0 Å². The second-order valence-electron chi connectivity index (χ2n) is 5.70. The van der Waals surface area contributed by atoms with Crippen LogP contribution in [-0.4, -0.2) is 11.2 Å². The first kappa shape index (κ1) is 13.4. The fourth-order valence-electron chi connectivity index (χ4n) is 2.59. The van der Waals surface area contributed by atoms with Gasteiger partial charge in [0.05, 0.1) is 12.2 Å². The Kier molecular flexibility index (Phi) is 4.28. The first-order valence-corrected chi connectivity index (χ1v) is 7.01. The van der Waals surface area contributed by atoms with Crippen LogP contribution in [0.3, 0.4) is 0 Å². The van der Waals surface area contributed by atoms with Gasteiger partial charge in [0, 0.05) is 0 Å². The topological polar surface area (TPSA) is 29.5 Å². The summed E-state index contributed by atoms with van der Waals surface area (Å²) in [7, 11) is 0. The Bertz CT molecular complexity index is 390. The molecule has 1 aliphatic rings. The third-order valence-corrected chi connectivity index (χ3v) is 3.94. The molecule has 2 nitrogen and oxygen atoms in total. The Labute approximate surface area is 110 Å². The molecule has 1 atom stereocenters. The lowest BCUT2D eigenvalue weighted by atomic mass is 9.89. The van der Waals surface area contributed by atoms with E-state index in [4.69, 9.17) is 4.74 Å². The lowest BCUT2D eigenvalue weighted by molar-refractivity contribution is 0.134. The summed E-state index contributed by atoms with van der Waals surface area (Å²) in [4.78, 5) is 0. The predicted octanol–water partition coefficient (Wildman–Crippen LogP) is 4.01. The van der Waals surface area contributed by atoms with Gasteiger partial charge in [-0.15, -0.1) is 0 Å². The van der Waals surface area contributed by atoms with Gasteiger partial charge in [-0.3, -0.25) is 0 Å². The van der Waals surface area contributed by atoms with Crippen LogP contribution in [0, 0.1) is 12.8 Å². The number of benzene rings is 1. The minimum atomic E-state index is -0.409. The molecule has 1 aliphatic carbocycles. The van der Waals surface area contributed by atoms with Crippen LogP contribution >= 0.6 is 0 Å². The van der Waals surface area contributed by atoms with Crippen LogP contribution in [0.5, 0.6) is 5.75 Å². The molecule has 0 spiro atoms. The first-order chi connectivity index (χ1) is 8.56. The molecule has 1 aromatic carbocycles. The molecule has 0 heterocycles. The molecule has 18 heavy (non-hydrogen) atoms. The molecule has 0 amide bonds. The molecular weight excluding hydrogens is 224 g/mol. The van der Waals surface area contributed by atoms with E-state index >= 15 is 0 Å². The summed E-state index contributed by atoms with van der Waals surface area (Å²) < 4.78 is 6.09. The van der Waals surface area contributed by atoms with Crippen molar-refractivity contribution < 1.29 is 9.84 Å². The molecule has 2 rings (SSSR count). The molecule has 1 aromatic rings. The molecular formula is C16H24O2. The van der Waals surface area contributed by atoms with Crippen LogP contribution < -0.4 is 4.74 Å². The summed E-state index contributed by atoms with van der Waals surface area (Å²) in [6, 6.07) is 5.97. The molecule has 0 aliphatic heterocycles. The van der Waals surface area contributed by atoms with E-state index < -0.39 is 6.10 Å². The number of aliphatic hydroxyl groups is 1. The van der Waals surface area contributed by atoms with Crippen molar-refractivity contribution >= 4 is 0 Å². The molecule has 2 heteroatoms. The van der Waals surface area contributed by atoms with Crippen LogP contribution in [0.1, 0.15) is 56.8 Å². The third kappa shape index (κ3) is 3.26. The lowest BCUT2D eigenvalue weighted by Crippen LogP contribution is -2.23. The average Bonchev–Trinajstić information content (AvgIpc) is 2.34. The van der Waals surface area contributed by atoms with Crippen LogP contribution in [0.15, 0.2) is 18.2 Å². The zero-order valence-electron chi connectivity index (χ0n) is 11.6. The Morgan fingerprint density at radius 3 is 2.44 bits per heavy atom. The van der Waals surface area contributed by atoms with Crippen molar-refractivity contribution in [2.75, 3.05) is 0 Å². The Morgan fingerprint density at radius 2 is 1.89 bits per heavy atom. The highest BCUT2D eigenvalue weighted by Crippen LogP contribution is 2.29. The molecule has 0 aromatic heterocycles. The summed E-state index contributed by atoms with van der Waals surface area (Å²) in [6.07, 6.45) is 4.84. The summed E-state index contributed by atoms with van der Waals surface area (Å²) >= 11 is 0. The van der Waals surface area contributed by atoms with Crippen molar-refractivity contribution in [3.05, 3.63) is 29.3 Å². The van der Waals surface area contributed by atoms with Gasteiger partial charge in [-0.25, -0.2) is 0 Å². The molecule has 1 saturated carbocycles.